The Bertz CT molecular complexity index is 573. The van der Waals surface area contributed by atoms with Crippen molar-refractivity contribution in [2.24, 2.45) is 0 Å². The maximum Gasteiger partial charge on any atom is 0.333 e. The van der Waals surface area contributed by atoms with E-state index >= 15 is 0 Å². The van der Waals surface area contributed by atoms with Gasteiger partial charge in [-0.2, -0.15) is 0 Å². The summed E-state index contributed by atoms with van der Waals surface area (Å²) in [7, 11) is -2.67. The molecule has 0 aliphatic heterocycles. The van der Waals surface area contributed by atoms with E-state index in [2.05, 4.69) is 15.9 Å². The molecule has 1 atom stereocenters. The molecule has 0 saturated carbocycles. The van der Waals surface area contributed by atoms with E-state index in [1.54, 1.807) is 6.07 Å². The lowest BCUT2D eigenvalue weighted by molar-refractivity contribution is -0.146. The van der Waals surface area contributed by atoms with Crippen molar-refractivity contribution in [2.75, 3.05) is 13.7 Å². The summed E-state index contributed by atoms with van der Waals surface area (Å²) in [4.78, 5) is 10.3. The second-order valence-electron chi connectivity index (χ2n) is 3.50. The zero-order valence-electron chi connectivity index (χ0n) is 9.83. The third kappa shape index (κ3) is 4.16. The Morgan fingerprint density at radius 2 is 2.16 bits per heavy atom. The number of carboxylic acid groups (broad SMARTS) is 1. The standard InChI is InChI=1S/C10H12BrNO6S/c1-18-8-3-2-6(11)4-9(8)19(16,17)12-5-7(13)10(14)15/h2-4,7,12-13H,5H2,1H3,(H,14,15)/t7-/m0/s1. The first-order valence-electron chi connectivity index (χ1n) is 5.02. The van der Waals surface area contributed by atoms with Crippen molar-refractivity contribution < 1.29 is 28.2 Å². The van der Waals surface area contributed by atoms with Gasteiger partial charge in [0.15, 0.2) is 6.10 Å². The van der Waals surface area contributed by atoms with Crippen LogP contribution in [-0.4, -0.2) is 44.4 Å². The van der Waals surface area contributed by atoms with Crippen molar-refractivity contribution >= 4 is 31.9 Å². The predicted molar refractivity (Wildman–Crippen MR) is 69.5 cm³/mol. The van der Waals surface area contributed by atoms with Gasteiger partial charge in [0.05, 0.1) is 7.11 Å². The van der Waals surface area contributed by atoms with Gasteiger partial charge in [-0.1, -0.05) is 15.9 Å². The molecule has 0 amide bonds. The summed E-state index contributed by atoms with van der Waals surface area (Å²) >= 11 is 3.13. The number of aliphatic hydroxyl groups is 1. The SMILES string of the molecule is COc1ccc(Br)cc1S(=O)(=O)NC[C@H](O)C(=O)O. The lowest BCUT2D eigenvalue weighted by Crippen LogP contribution is -2.36. The van der Waals surface area contributed by atoms with Crippen LogP contribution >= 0.6 is 15.9 Å². The summed E-state index contributed by atoms with van der Waals surface area (Å²) in [5.74, 6) is -1.40. The van der Waals surface area contributed by atoms with E-state index in [4.69, 9.17) is 14.9 Å². The van der Waals surface area contributed by atoms with Gasteiger partial charge in [0.25, 0.3) is 0 Å². The monoisotopic (exact) mass is 353 g/mol. The number of ether oxygens (including phenoxy) is 1. The molecule has 19 heavy (non-hydrogen) atoms. The Hall–Kier alpha value is -1.16. The van der Waals surface area contributed by atoms with Crippen molar-refractivity contribution in [3.8, 4) is 5.75 Å². The molecule has 0 aromatic heterocycles. The van der Waals surface area contributed by atoms with Crippen LogP contribution in [0.25, 0.3) is 0 Å². The highest BCUT2D eigenvalue weighted by atomic mass is 79.9. The van der Waals surface area contributed by atoms with Gasteiger partial charge in [-0.15, -0.1) is 0 Å². The summed E-state index contributed by atoms with van der Waals surface area (Å²) in [6, 6.07) is 4.37. The second-order valence-corrected chi connectivity index (χ2v) is 6.15. The molecule has 1 aromatic rings. The highest BCUT2D eigenvalue weighted by Crippen LogP contribution is 2.26. The molecule has 0 aliphatic rings. The van der Waals surface area contributed by atoms with E-state index in [9.17, 15) is 13.2 Å². The molecule has 3 N–H and O–H groups in total. The van der Waals surface area contributed by atoms with E-state index in [-0.39, 0.29) is 10.6 Å². The van der Waals surface area contributed by atoms with Crippen LogP contribution in [0.2, 0.25) is 0 Å². The highest BCUT2D eigenvalue weighted by Gasteiger charge is 2.22. The molecular weight excluding hydrogens is 342 g/mol. The number of aliphatic carboxylic acids is 1. The third-order valence-electron chi connectivity index (χ3n) is 2.17. The summed E-state index contributed by atoms with van der Waals surface area (Å²) in [5, 5.41) is 17.5. The molecule has 1 rings (SSSR count). The van der Waals surface area contributed by atoms with E-state index in [0.717, 1.165) is 0 Å². The van der Waals surface area contributed by atoms with E-state index < -0.39 is 28.6 Å². The van der Waals surface area contributed by atoms with Gasteiger partial charge in [0.2, 0.25) is 10.0 Å². The predicted octanol–water partition coefficient (Wildman–Crippen LogP) is 0.182. The molecule has 106 valence electrons. The van der Waals surface area contributed by atoms with Crippen molar-refractivity contribution in [2.45, 2.75) is 11.0 Å². The van der Waals surface area contributed by atoms with Crippen molar-refractivity contribution in [1.29, 1.82) is 0 Å². The largest absolute Gasteiger partial charge is 0.495 e. The molecule has 0 aliphatic carbocycles. The van der Waals surface area contributed by atoms with Crippen molar-refractivity contribution in [3.05, 3.63) is 22.7 Å². The first-order valence-corrected chi connectivity index (χ1v) is 7.29. The quantitative estimate of drug-likeness (QED) is 0.672. The molecule has 0 saturated heterocycles. The smallest absolute Gasteiger partial charge is 0.333 e. The number of methoxy groups -OCH3 is 1. The summed E-state index contributed by atoms with van der Waals surface area (Å²) in [6.45, 7) is -0.632. The molecule has 0 radical (unpaired) electrons. The van der Waals surface area contributed by atoms with Crippen LogP contribution < -0.4 is 9.46 Å². The van der Waals surface area contributed by atoms with Crippen LogP contribution in [0.1, 0.15) is 0 Å². The molecule has 0 spiro atoms. The zero-order valence-corrected chi connectivity index (χ0v) is 12.2. The number of benzene rings is 1. The maximum absolute atomic E-state index is 12.0. The number of hydrogen-bond acceptors (Lipinski definition) is 5. The number of rotatable bonds is 6. The van der Waals surface area contributed by atoms with Crippen LogP contribution in [-0.2, 0) is 14.8 Å². The third-order valence-corrected chi connectivity index (χ3v) is 4.10. The van der Waals surface area contributed by atoms with Crippen molar-refractivity contribution in [3.63, 3.8) is 0 Å². The minimum atomic E-state index is -3.98. The van der Waals surface area contributed by atoms with Crippen molar-refractivity contribution in [1.82, 2.24) is 4.72 Å². The number of nitrogens with one attached hydrogen (secondary N) is 1. The molecular formula is C10H12BrNO6S. The lowest BCUT2D eigenvalue weighted by atomic mass is 10.3. The number of carboxylic acids is 1. The van der Waals surface area contributed by atoms with Crippen LogP contribution in [0.4, 0.5) is 0 Å². The van der Waals surface area contributed by atoms with E-state index in [1.807, 2.05) is 4.72 Å². The maximum atomic E-state index is 12.0. The van der Waals surface area contributed by atoms with Crippen LogP contribution in [0.5, 0.6) is 5.75 Å². The Kier molecular flexibility index (Phi) is 5.29. The van der Waals surface area contributed by atoms with Crippen LogP contribution in [0.3, 0.4) is 0 Å². The molecule has 1 aromatic carbocycles. The van der Waals surface area contributed by atoms with E-state index in [0.29, 0.717) is 4.47 Å². The van der Waals surface area contributed by atoms with Gasteiger partial charge >= 0.3 is 5.97 Å². The highest BCUT2D eigenvalue weighted by molar-refractivity contribution is 9.10. The van der Waals surface area contributed by atoms with Crippen LogP contribution in [0.15, 0.2) is 27.6 Å². The minimum absolute atomic E-state index is 0.112. The Morgan fingerprint density at radius 3 is 2.68 bits per heavy atom. The topological polar surface area (TPSA) is 113 Å². The van der Waals surface area contributed by atoms with Gasteiger partial charge in [-0.05, 0) is 18.2 Å². The summed E-state index contributed by atoms with van der Waals surface area (Å²) < 4.78 is 31.4. The molecule has 0 bridgehead atoms. The Morgan fingerprint density at radius 1 is 1.53 bits per heavy atom. The molecule has 0 heterocycles. The fourth-order valence-electron chi connectivity index (χ4n) is 1.21. The molecule has 7 nitrogen and oxygen atoms in total. The molecule has 0 fully saturated rings. The first-order chi connectivity index (χ1) is 8.77. The van der Waals surface area contributed by atoms with Gasteiger partial charge < -0.3 is 14.9 Å². The Labute approximate surface area is 118 Å². The first kappa shape index (κ1) is 15.9. The average Bonchev–Trinajstić information content (AvgIpc) is 2.35. The number of carbonyl (C=O) groups is 1. The molecule has 9 heteroatoms. The zero-order chi connectivity index (χ0) is 14.6. The number of sulfonamides is 1. The number of aliphatic hydroxyl groups excluding tert-OH is 1. The molecule has 0 unspecified atom stereocenters. The average molecular weight is 354 g/mol. The van der Waals surface area contributed by atoms with Gasteiger partial charge in [-0.3, -0.25) is 0 Å². The summed E-state index contributed by atoms with van der Waals surface area (Å²) in [6.07, 6.45) is -1.81. The van der Waals surface area contributed by atoms with E-state index in [1.165, 1.54) is 19.2 Å². The number of hydrogen-bond donors (Lipinski definition) is 3. The number of halogens is 1. The van der Waals surface area contributed by atoms with Crippen LogP contribution in [0, 0.1) is 0 Å². The van der Waals surface area contributed by atoms with Gasteiger partial charge in [0.1, 0.15) is 10.6 Å². The minimum Gasteiger partial charge on any atom is -0.495 e. The second kappa shape index (κ2) is 6.33. The normalized spacial score (nSPS) is 13.0. The van der Waals surface area contributed by atoms with Gasteiger partial charge in [-0.25, -0.2) is 17.9 Å². The fourth-order valence-corrected chi connectivity index (χ4v) is 2.96. The lowest BCUT2D eigenvalue weighted by Gasteiger charge is -2.12. The van der Waals surface area contributed by atoms with Gasteiger partial charge in [0, 0.05) is 11.0 Å². The fraction of sp³-hybridized carbons (Fsp3) is 0.300. The Balaban J connectivity index is 3.00. The summed E-state index contributed by atoms with van der Waals surface area (Å²) in [5.41, 5.74) is 0.